The van der Waals surface area contributed by atoms with E-state index >= 15 is 0 Å². The molecule has 0 bridgehead atoms. The second-order valence-corrected chi connectivity index (χ2v) is 13.5. The molecule has 0 aromatic heterocycles. The van der Waals surface area contributed by atoms with E-state index in [4.69, 9.17) is 4.74 Å². The molecule has 5 aliphatic rings. The lowest BCUT2D eigenvalue weighted by Gasteiger charge is -2.42. The van der Waals surface area contributed by atoms with Crippen LogP contribution < -0.4 is 15.4 Å². The minimum Gasteiger partial charge on any atom is -0.410 e. The molecule has 2 heterocycles. The molecule has 0 spiro atoms. The van der Waals surface area contributed by atoms with Gasteiger partial charge in [0.25, 0.3) is 0 Å². The summed E-state index contributed by atoms with van der Waals surface area (Å²) in [6.07, 6.45) is 18.0. The molecule has 1 aromatic rings. The van der Waals surface area contributed by atoms with Crippen LogP contribution in [0.5, 0.6) is 5.75 Å². The molecule has 250 valence electrons. The quantitative estimate of drug-likeness (QED) is 0.317. The third-order valence-electron chi connectivity index (χ3n) is 10.2. The first kappa shape index (κ1) is 35.1. The smallest absolute Gasteiger partial charge is 0.410 e. The van der Waals surface area contributed by atoms with Gasteiger partial charge in [0.15, 0.2) is 0 Å². The maximum Gasteiger partial charge on any atom is 0.415 e. The van der Waals surface area contributed by atoms with E-state index in [1.807, 2.05) is 36.9 Å². The summed E-state index contributed by atoms with van der Waals surface area (Å²) in [6.45, 7) is 16.2. The van der Waals surface area contributed by atoms with Crippen molar-refractivity contribution in [2.24, 2.45) is 5.92 Å². The van der Waals surface area contributed by atoms with E-state index in [-0.39, 0.29) is 24.1 Å². The topological polar surface area (TPSA) is 73.9 Å². The van der Waals surface area contributed by atoms with Gasteiger partial charge in [0.2, 0.25) is 5.91 Å². The fourth-order valence-corrected chi connectivity index (χ4v) is 7.42. The van der Waals surface area contributed by atoms with E-state index in [2.05, 4.69) is 30.7 Å². The van der Waals surface area contributed by atoms with Gasteiger partial charge in [-0.05, 0) is 63.9 Å². The van der Waals surface area contributed by atoms with Gasteiger partial charge in [-0.3, -0.25) is 4.79 Å². The van der Waals surface area contributed by atoms with Crippen LogP contribution in [0.25, 0.3) is 5.70 Å². The van der Waals surface area contributed by atoms with Crippen LogP contribution in [0.15, 0.2) is 36.9 Å². The van der Waals surface area contributed by atoms with Gasteiger partial charge in [-0.2, -0.15) is 0 Å². The number of ether oxygens (including phenoxy) is 1. The fraction of sp³-hybridized carbons (Fsp3) is 0.684. The standard InChI is InChI=1S/C31H46N4O3.C5H8.C2H6/c1-22-21-34(31(37)38-29-15-9-14-26-23(2)32-17-16-27(26)29)18-19-35(22)30(36)28(20-24-10-5-3-6-11-24)33-25-12-7-4-8-13-25;1-5-3-2-4-5;1-2/h9,14-15,22,24-25,28,32-33H,2-8,10-13,16-21H2,1H3;1-4H2;1-2H3/t22-,28-;;/m1../s1. The Bertz CT molecular complexity index is 1110. The van der Waals surface area contributed by atoms with Crippen LogP contribution in [0.4, 0.5) is 4.79 Å². The molecule has 7 heteroatoms. The second-order valence-electron chi connectivity index (χ2n) is 13.5. The second kappa shape index (κ2) is 17.8. The first-order valence-corrected chi connectivity index (χ1v) is 18.1. The molecule has 0 radical (unpaired) electrons. The molecule has 0 unspecified atom stereocenters. The minimum absolute atomic E-state index is 0.0422. The van der Waals surface area contributed by atoms with Gasteiger partial charge in [0, 0.05) is 55.1 Å². The Morgan fingerprint density at radius 2 is 1.62 bits per heavy atom. The number of carbonyl (C=O) groups excluding carboxylic acids is 2. The molecule has 3 saturated carbocycles. The zero-order valence-corrected chi connectivity index (χ0v) is 28.5. The zero-order chi connectivity index (χ0) is 32.2. The highest BCUT2D eigenvalue weighted by atomic mass is 16.6. The van der Waals surface area contributed by atoms with Gasteiger partial charge in [-0.15, -0.1) is 0 Å². The molecule has 2 N–H and O–H groups in total. The largest absolute Gasteiger partial charge is 0.415 e. The summed E-state index contributed by atoms with van der Waals surface area (Å²) in [5.74, 6) is 1.48. The number of hydrogen-bond donors (Lipinski definition) is 2. The van der Waals surface area contributed by atoms with E-state index in [0.717, 1.165) is 36.2 Å². The first-order valence-electron chi connectivity index (χ1n) is 18.1. The number of rotatable bonds is 6. The summed E-state index contributed by atoms with van der Waals surface area (Å²) in [5.41, 5.74) is 4.35. The predicted molar refractivity (Wildman–Crippen MR) is 185 cm³/mol. The summed E-state index contributed by atoms with van der Waals surface area (Å²) in [4.78, 5) is 30.9. The number of benzene rings is 1. The number of nitrogens with zero attached hydrogens (tertiary/aromatic N) is 2. The van der Waals surface area contributed by atoms with Crippen LogP contribution in [0.2, 0.25) is 0 Å². The maximum atomic E-state index is 13.9. The van der Waals surface area contributed by atoms with Crippen LogP contribution >= 0.6 is 0 Å². The molecule has 1 saturated heterocycles. The average Bonchev–Trinajstić information content (AvgIpc) is 3.06. The third kappa shape index (κ3) is 9.84. The van der Waals surface area contributed by atoms with Crippen molar-refractivity contribution in [1.82, 2.24) is 20.4 Å². The number of carbonyl (C=O) groups is 2. The first-order chi connectivity index (χ1) is 21.9. The van der Waals surface area contributed by atoms with Gasteiger partial charge in [-0.25, -0.2) is 4.79 Å². The molecule has 4 fully saturated rings. The molecule has 2 amide bonds. The normalized spacial score (nSPS) is 22.8. The number of amides is 2. The molecule has 3 aliphatic carbocycles. The van der Waals surface area contributed by atoms with Crippen molar-refractivity contribution < 1.29 is 14.3 Å². The van der Waals surface area contributed by atoms with Gasteiger partial charge in [0.1, 0.15) is 5.75 Å². The summed E-state index contributed by atoms with van der Waals surface area (Å²) in [5, 5.41) is 7.09. The van der Waals surface area contributed by atoms with Crippen molar-refractivity contribution in [2.45, 2.75) is 135 Å². The van der Waals surface area contributed by atoms with Gasteiger partial charge >= 0.3 is 6.09 Å². The van der Waals surface area contributed by atoms with Crippen LogP contribution in [-0.4, -0.2) is 66.1 Å². The van der Waals surface area contributed by atoms with E-state index in [1.165, 1.54) is 89.0 Å². The Morgan fingerprint density at radius 1 is 0.956 bits per heavy atom. The summed E-state index contributed by atoms with van der Waals surface area (Å²) in [6, 6.07) is 6.09. The van der Waals surface area contributed by atoms with Gasteiger partial charge in [-0.1, -0.05) is 96.1 Å². The Balaban J connectivity index is 0.000000590. The lowest BCUT2D eigenvalue weighted by Crippen LogP contribution is -2.60. The molecular weight excluding hydrogens is 560 g/mol. The Hall–Kier alpha value is -2.80. The predicted octanol–water partition coefficient (Wildman–Crippen LogP) is 7.85. The van der Waals surface area contributed by atoms with Gasteiger partial charge < -0.3 is 25.2 Å². The van der Waals surface area contributed by atoms with Gasteiger partial charge in [0.05, 0.1) is 6.04 Å². The van der Waals surface area contributed by atoms with Crippen molar-refractivity contribution in [3.63, 3.8) is 0 Å². The van der Waals surface area contributed by atoms with Crippen LogP contribution in [0, 0.1) is 5.92 Å². The molecule has 1 aromatic carbocycles. The monoisotopic (exact) mass is 620 g/mol. The Morgan fingerprint density at radius 3 is 2.24 bits per heavy atom. The van der Waals surface area contributed by atoms with E-state index in [1.54, 1.807) is 4.90 Å². The molecule has 6 rings (SSSR count). The zero-order valence-electron chi connectivity index (χ0n) is 28.5. The van der Waals surface area contributed by atoms with Crippen molar-refractivity contribution >= 4 is 17.7 Å². The highest BCUT2D eigenvalue weighted by Gasteiger charge is 2.36. The average molecular weight is 621 g/mol. The third-order valence-corrected chi connectivity index (χ3v) is 10.2. The highest BCUT2D eigenvalue weighted by Crippen LogP contribution is 2.31. The molecular formula is C38H60N4O3. The number of hydrogen-bond acceptors (Lipinski definition) is 5. The lowest BCUT2D eigenvalue weighted by atomic mass is 9.84. The summed E-state index contributed by atoms with van der Waals surface area (Å²) in [7, 11) is 0. The summed E-state index contributed by atoms with van der Waals surface area (Å²) >= 11 is 0. The lowest BCUT2D eigenvalue weighted by molar-refractivity contribution is -0.138. The molecule has 7 nitrogen and oxygen atoms in total. The number of fused-ring (bicyclic) bond motifs is 1. The molecule has 45 heavy (non-hydrogen) atoms. The molecule has 2 aliphatic heterocycles. The number of piperazine rings is 1. The van der Waals surface area contributed by atoms with Crippen molar-refractivity contribution in [1.29, 1.82) is 0 Å². The van der Waals surface area contributed by atoms with Crippen molar-refractivity contribution in [2.75, 3.05) is 26.2 Å². The molecule has 2 atom stereocenters. The Kier molecular flexibility index (Phi) is 13.9. The maximum absolute atomic E-state index is 13.9. The SMILES string of the molecule is C=C1CCC1.C=C1NCCc2c(OC(=O)N3CCN(C(=O)[C@@H](CC4CCCCC4)NC4CCCCC4)[C@H](C)C3)cccc21.CC. The summed E-state index contributed by atoms with van der Waals surface area (Å²) < 4.78 is 5.90. The van der Waals surface area contributed by atoms with Crippen LogP contribution in [0.1, 0.15) is 122 Å². The van der Waals surface area contributed by atoms with E-state index < -0.39 is 0 Å². The fourth-order valence-electron chi connectivity index (χ4n) is 7.42. The number of nitrogens with one attached hydrogen (secondary N) is 2. The van der Waals surface area contributed by atoms with E-state index in [9.17, 15) is 9.59 Å². The highest BCUT2D eigenvalue weighted by molar-refractivity contribution is 5.83. The van der Waals surface area contributed by atoms with Crippen LogP contribution in [-0.2, 0) is 11.2 Å². The minimum atomic E-state index is -0.333. The van der Waals surface area contributed by atoms with Crippen molar-refractivity contribution in [3.8, 4) is 5.75 Å². The Labute approximate surface area is 273 Å². The van der Waals surface area contributed by atoms with E-state index in [0.29, 0.717) is 37.3 Å². The van der Waals surface area contributed by atoms with Crippen molar-refractivity contribution in [3.05, 3.63) is 48.1 Å². The van der Waals surface area contributed by atoms with Crippen LogP contribution in [0.3, 0.4) is 0 Å². The number of allylic oxidation sites excluding steroid dienone is 1.